The summed E-state index contributed by atoms with van der Waals surface area (Å²) in [6.07, 6.45) is 7.95. The topological polar surface area (TPSA) is 36.4 Å². The molecule has 0 aliphatic heterocycles. The number of rotatable bonds is 5. The molecule has 1 N–H and O–H groups in total. The summed E-state index contributed by atoms with van der Waals surface area (Å²) in [5.74, 6) is 0. The third-order valence-electron chi connectivity index (χ3n) is 4.83. The summed E-state index contributed by atoms with van der Waals surface area (Å²) in [5, 5.41) is 10.8. The minimum Gasteiger partial charge on any atom is -0.396 e. The lowest BCUT2D eigenvalue weighted by molar-refractivity contribution is 0.299. The molecule has 1 heterocycles. The van der Waals surface area contributed by atoms with Gasteiger partial charge in [-0.25, -0.2) is 0 Å². The lowest BCUT2D eigenvalue weighted by atomic mass is 9.85. The normalized spacial score (nSPS) is 15.1. The molecule has 3 nitrogen and oxygen atoms in total. The average molecular weight is 324 g/mol. The lowest BCUT2D eigenvalue weighted by Crippen LogP contribution is -2.12. The number of hydrogen-bond acceptors (Lipinski definition) is 3. The summed E-state index contributed by atoms with van der Waals surface area (Å²) >= 11 is 0. The number of pyridine rings is 1. The Labute approximate surface area is 145 Å². The second-order valence-electron chi connectivity index (χ2n) is 7.10. The second kappa shape index (κ2) is 7.45. The summed E-state index contributed by atoms with van der Waals surface area (Å²) < 4.78 is 0. The van der Waals surface area contributed by atoms with Gasteiger partial charge in [0.1, 0.15) is 0 Å². The summed E-state index contributed by atoms with van der Waals surface area (Å²) in [7, 11) is 4.14. The molecule has 24 heavy (non-hydrogen) atoms. The first kappa shape index (κ1) is 17.1. The van der Waals surface area contributed by atoms with E-state index in [0.717, 1.165) is 30.6 Å². The van der Waals surface area contributed by atoms with Gasteiger partial charge in [0.05, 0.1) is 11.2 Å². The fourth-order valence-corrected chi connectivity index (χ4v) is 3.77. The molecule has 3 heteroatoms. The predicted molar refractivity (Wildman–Crippen MR) is 101 cm³/mol. The highest BCUT2D eigenvalue weighted by Crippen LogP contribution is 2.36. The lowest BCUT2D eigenvalue weighted by Gasteiger charge is -2.21. The van der Waals surface area contributed by atoms with Crippen LogP contribution in [-0.4, -0.2) is 35.7 Å². The largest absolute Gasteiger partial charge is 0.396 e. The van der Waals surface area contributed by atoms with Crippen molar-refractivity contribution in [2.75, 3.05) is 20.7 Å². The van der Waals surface area contributed by atoms with Crippen molar-refractivity contribution in [3.05, 3.63) is 46.7 Å². The third kappa shape index (κ3) is 3.52. The Balaban J connectivity index is 2.19. The molecule has 0 atom stereocenters. The van der Waals surface area contributed by atoms with E-state index in [2.05, 4.69) is 50.2 Å². The molecule has 0 saturated carbocycles. The number of aliphatic hydroxyl groups excluding tert-OH is 1. The van der Waals surface area contributed by atoms with Gasteiger partial charge >= 0.3 is 0 Å². The second-order valence-corrected chi connectivity index (χ2v) is 7.10. The number of benzene rings is 1. The molecule has 2 aromatic rings. The first-order chi connectivity index (χ1) is 11.6. The number of aliphatic hydroxyl groups is 1. The minimum atomic E-state index is 0.193. The number of fused-ring (bicyclic) bond motifs is 1. The van der Waals surface area contributed by atoms with E-state index in [1.54, 1.807) is 0 Å². The molecule has 0 bridgehead atoms. The maximum atomic E-state index is 9.54. The van der Waals surface area contributed by atoms with Gasteiger partial charge in [0.2, 0.25) is 0 Å². The number of aromatic nitrogens is 1. The van der Waals surface area contributed by atoms with Crippen LogP contribution in [-0.2, 0) is 13.0 Å². The fourth-order valence-electron chi connectivity index (χ4n) is 3.77. The quantitative estimate of drug-likeness (QED) is 0.899. The van der Waals surface area contributed by atoms with E-state index in [-0.39, 0.29) is 6.61 Å². The Morgan fingerprint density at radius 1 is 1.21 bits per heavy atom. The SMILES string of the molecule is Cc1cc2nc(CN(C)C)ccc2c(C2=CCCCC2)c1CCO. The summed E-state index contributed by atoms with van der Waals surface area (Å²) in [6, 6.07) is 6.56. The number of aryl methyl sites for hydroxylation is 1. The molecular formula is C21H28N2O. The van der Waals surface area contributed by atoms with Crippen molar-refractivity contribution in [1.29, 1.82) is 0 Å². The van der Waals surface area contributed by atoms with Gasteiger partial charge in [-0.15, -0.1) is 0 Å². The zero-order valence-corrected chi connectivity index (χ0v) is 15.1. The Kier molecular flexibility index (Phi) is 5.32. The van der Waals surface area contributed by atoms with Gasteiger partial charge in [0.25, 0.3) is 0 Å². The van der Waals surface area contributed by atoms with Crippen molar-refractivity contribution in [3.63, 3.8) is 0 Å². The minimum absolute atomic E-state index is 0.193. The first-order valence-electron chi connectivity index (χ1n) is 8.97. The molecule has 1 aliphatic carbocycles. The van der Waals surface area contributed by atoms with Crippen molar-refractivity contribution in [2.24, 2.45) is 0 Å². The predicted octanol–water partition coefficient (Wildman–Crippen LogP) is 4.10. The van der Waals surface area contributed by atoms with E-state index in [1.807, 2.05) is 0 Å². The smallest absolute Gasteiger partial charge is 0.0714 e. The molecule has 0 amide bonds. The van der Waals surface area contributed by atoms with Gasteiger partial charge < -0.3 is 10.0 Å². The van der Waals surface area contributed by atoms with Crippen LogP contribution in [0.2, 0.25) is 0 Å². The first-order valence-corrected chi connectivity index (χ1v) is 8.97. The highest BCUT2D eigenvalue weighted by molar-refractivity contribution is 5.94. The van der Waals surface area contributed by atoms with Crippen LogP contribution in [0, 0.1) is 6.92 Å². The van der Waals surface area contributed by atoms with Crippen LogP contribution < -0.4 is 0 Å². The summed E-state index contributed by atoms with van der Waals surface area (Å²) in [6.45, 7) is 3.20. The molecule has 1 aromatic heterocycles. The molecule has 128 valence electrons. The van der Waals surface area contributed by atoms with Crippen molar-refractivity contribution >= 4 is 16.5 Å². The van der Waals surface area contributed by atoms with E-state index < -0.39 is 0 Å². The molecule has 1 aliphatic rings. The number of allylic oxidation sites excluding steroid dienone is 2. The van der Waals surface area contributed by atoms with Crippen LogP contribution in [0.1, 0.15) is 48.1 Å². The van der Waals surface area contributed by atoms with Crippen molar-refractivity contribution < 1.29 is 5.11 Å². The Hall–Kier alpha value is -1.71. The van der Waals surface area contributed by atoms with Gasteiger partial charge in [-0.3, -0.25) is 4.98 Å². The van der Waals surface area contributed by atoms with E-state index in [1.165, 1.54) is 40.5 Å². The monoisotopic (exact) mass is 324 g/mol. The Morgan fingerprint density at radius 3 is 2.71 bits per heavy atom. The van der Waals surface area contributed by atoms with Crippen LogP contribution in [0.25, 0.3) is 16.5 Å². The maximum Gasteiger partial charge on any atom is 0.0714 e. The molecule has 0 radical (unpaired) electrons. The van der Waals surface area contributed by atoms with Gasteiger partial charge in [-0.1, -0.05) is 12.1 Å². The van der Waals surface area contributed by atoms with E-state index in [4.69, 9.17) is 4.98 Å². The van der Waals surface area contributed by atoms with Gasteiger partial charge in [-0.05, 0) is 87.5 Å². The van der Waals surface area contributed by atoms with Crippen LogP contribution in [0.4, 0.5) is 0 Å². The fraction of sp³-hybridized carbons (Fsp3) is 0.476. The van der Waals surface area contributed by atoms with Crippen molar-refractivity contribution in [2.45, 2.75) is 45.6 Å². The van der Waals surface area contributed by atoms with E-state index in [0.29, 0.717) is 6.42 Å². The Morgan fingerprint density at radius 2 is 2.04 bits per heavy atom. The molecule has 1 aromatic carbocycles. The van der Waals surface area contributed by atoms with E-state index in [9.17, 15) is 5.11 Å². The molecule has 3 rings (SSSR count). The zero-order chi connectivity index (χ0) is 17.1. The zero-order valence-electron chi connectivity index (χ0n) is 15.1. The van der Waals surface area contributed by atoms with Crippen LogP contribution in [0.3, 0.4) is 0 Å². The van der Waals surface area contributed by atoms with Crippen molar-refractivity contribution in [3.8, 4) is 0 Å². The maximum absolute atomic E-state index is 9.54. The Bertz CT molecular complexity index is 762. The molecular weight excluding hydrogens is 296 g/mol. The van der Waals surface area contributed by atoms with Gasteiger partial charge in [0, 0.05) is 18.5 Å². The summed E-state index contributed by atoms with van der Waals surface area (Å²) in [4.78, 5) is 7.05. The van der Waals surface area contributed by atoms with Crippen LogP contribution in [0.5, 0.6) is 0 Å². The van der Waals surface area contributed by atoms with Crippen molar-refractivity contribution in [1.82, 2.24) is 9.88 Å². The highest BCUT2D eigenvalue weighted by Gasteiger charge is 2.17. The standard InChI is InChI=1S/C21H28N2O/c1-15-13-20-19(10-9-17(22-20)14-23(2)3)21(18(15)11-12-24)16-7-5-4-6-8-16/h7,9-10,13,24H,4-6,8,11-12,14H2,1-3H3. The van der Waals surface area contributed by atoms with E-state index >= 15 is 0 Å². The van der Waals surface area contributed by atoms with Crippen LogP contribution in [0.15, 0.2) is 24.3 Å². The molecule has 0 unspecified atom stereocenters. The van der Waals surface area contributed by atoms with Crippen LogP contribution >= 0.6 is 0 Å². The molecule has 0 saturated heterocycles. The van der Waals surface area contributed by atoms with Gasteiger partial charge in [-0.2, -0.15) is 0 Å². The highest BCUT2D eigenvalue weighted by atomic mass is 16.2. The summed E-state index contributed by atoms with van der Waals surface area (Å²) in [5.41, 5.74) is 7.50. The number of nitrogens with zero attached hydrogens (tertiary/aromatic N) is 2. The average Bonchev–Trinajstić information content (AvgIpc) is 2.56. The third-order valence-corrected chi connectivity index (χ3v) is 4.83. The molecule has 0 fully saturated rings. The molecule has 0 spiro atoms. The number of hydrogen-bond donors (Lipinski definition) is 1. The van der Waals surface area contributed by atoms with Gasteiger partial charge in [0.15, 0.2) is 0 Å².